The van der Waals surface area contributed by atoms with E-state index in [0.29, 0.717) is 31.3 Å². The first-order valence-corrected chi connectivity index (χ1v) is 9.30. The van der Waals surface area contributed by atoms with Crippen LogP contribution in [0.4, 0.5) is 0 Å². The smallest absolute Gasteiger partial charge is 0.292 e. The summed E-state index contributed by atoms with van der Waals surface area (Å²) in [6.45, 7) is 1.81. The van der Waals surface area contributed by atoms with Crippen molar-refractivity contribution in [2.75, 3.05) is 39.4 Å². The Morgan fingerprint density at radius 3 is 2.29 bits per heavy atom. The van der Waals surface area contributed by atoms with E-state index < -0.39 is 10.0 Å². The van der Waals surface area contributed by atoms with Crippen molar-refractivity contribution in [3.8, 4) is 0 Å². The van der Waals surface area contributed by atoms with Gasteiger partial charge in [0.25, 0.3) is 5.91 Å². The Bertz CT molecular complexity index is 740. The van der Waals surface area contributed by atoms with Gasteiger partial charge in [0.15, 0.2) is 0 Å². The zero-order valence-corrected chi connectivity index (χ0v) is 14.4. The summed E-state index contributed by atoms with van der Waals surface area (Å²) in [6, 6.07) is 6.04. The zero-order chi connectivity index (χ0) is 17.2. The van der Waals surface area contributed by atoms with Gasteiger partial charge in [-0.2, -0.15) is 4.31 Å². The normalized spacial score (nSPS) is 19.2. The van der Waals surface area contributed by atoms with Crippen LogP contribution < -0.4 is 0 Å². The second-order valence-electron chi connectivity index (χ2n) is 5.35. The molecule has 0 bridgehead atoms. The van der Waals surface area contributed by atoms with Crippen molar-refractivity contribution in [2.45, 2.75) is 4.90 Å². The van der Waals surface area contributed by atoms with Crippen molar-refractivity contribution < 1.29 is 22.7 Å². The lowest BCUT2D eigenvalue weighted by Crippen LogP contribution is -2.51. The number of ether oxygens (including phenoxy) is 2. The molecule has 7 nitrogen and oxygen atoms in total. The Kier molecular flexibility index (Phi) is 4.98. The van der Waals surface area contributed by atoms with Crippen LogP contribution in [0.15, 0.2) is 41.2 Å². The lowest BCUT2D eigenvalue weighted by Gasteiger charge is -2.34. The molecule has 1 saturated heterocycles. The molecule has 0 saturated carbocycles. The van der Waals surface area contributed by atoms with Crippen LogP contribution in [0, 0.1) is 0 Å². The van der Waals surface area contributed by atoms with Crippen LogP contribution >= 0.6 is 11.6 Å². The highest BCUT2D eigenvalue weighted by atomic mass is 35.5. The maximum atomic E-state index is 12.6. The van der Waals surface area contributed by atoms with E-state index in [1.54, 1.807) is 17.0 Å². The molecule has 0 aliphatic carbocycles. The van der Waals surface area contributed by atoms with Gasteiger partial charge in [0.05, 0.1) is 4.90 Å². The third kappa shape index (κ3) is 3.50. The Balaban J connectivity index is 1.65. The van der Waals surface area contributed by atoms with Gasteiger partial charge in [0, 0.05) is 31.2 Å². The lowest BCUT2D eigenvalue weighted by atomic mass is 10.3. The van der Waals surface area contributed by atoms with Crippen LogP contribution in [0.5, 0.6) is 0 Å². The van der Waals surface area contributed by atoms with Crippen LogP contribution in [0.2, 0.25) is 5.02 Å². The molecule has 3 rings (SSSR count). The van der Waals surface area contributed by atoms with Crippen molar-refractivity contribution in [2.24, 2.45) is 0 Å². The van der Waals surface area contributed by atoms with Crippen LogP contribution in [0.25, 0.3) is 0 Å². The van der Waals surface area contributed by atoms with Crippen LogP contribution in [-0.2, 0) is 24.3 Å². The largest absolute Gasteiger partial charge is 0.494 e. The van der Waals surface area contributed by atoms with Gasteiger partial charge >= 0.3 is 0 Å². The number of hydrogen-bond acceptors (Lipinski definition) is 5. The molecular weight excluding hydrogens is 356 g/mol. The maximum absolute atomic E-state index is 12.6. The molecular formula is C15H17ClN2O5S. The van der Waals surface area contributed by atoms with Crippen LogP contribution in [0.3, 0.4) is 0 Å². The fourth-order valence-corrected chi connectivity index (χ4v) is 4.07. The molecule has 1 amide bonds. The van der Waals surface area contributed by atoms with Crippen molar-refractivity contribution in [1.82, 2.24) is 9.21 Å². The molecule has 2 aliphatic rings. The number of rotatable bonds is 3. The minimum Gasteiger partial charge on any atom is -0.494 e. The molecule has 24 heavy (non-hydrogen) atoms. The number of halogens is 1. The van der Waals surface area contributed by atoms with Crippen LogP contribution in [0.1, 0.15) is 0 Å². The fraction of sp³-hybridized carbons (Fsp3) is 0.400. The fourth-order valence-electron chi connectivity index (χ4n) is 2.52. The zero-order valence-electron chi connectivity index (χ0n) is 12.9. The van der Waals surface area contributed by atoms with E-state index >= 15 is 0 Å². The summed E-state index contributed by atoms with van der Waals surface area (Å²) in [5.74, 6) is -0.117. The molecule has 0 N–H and O–H groups in total. The number of amides is 1. The van der Waals surface area contributed by atoms with Gasteiger partial charge in [0.2, 0.25) is 15.8 Å². The number of sulfonamides is 1. The van der Waals surface area contributed by atoms with E-state index in [1.807, 2.05) is 0 Å². The maximum Gasteiger partial charge on any atom is 0.292 e. The van der Waals surface area contributed by atoms with Crippen molar-refractivity contribution in [3.05, 3.63) is 41.3 Å². The quantitative estimate of drug-likeness (QED) is 0.793. The summed E-state index contributed by atoms with van der Waals surface area (Å²) in [5.41, 5.74) is 0. The topological polar surface area (TPSA) is 76.2 Å². The van der Waals surface area contributed by atoms with Gasteiger partial charge < -0.3 is 14.4 Å². The number of nitrogens with zero attached hydrogens (tertiary/aromatic N) is 2. The van der Waals surface area contributed by atoms with Crippen LogP contribution in [-0.4, -0.2) is 62.9 Å². The van der Waals surface area contributed by atoms with E-state index in [-0.39, 0.29) is 29.7 Å². The van der Waals surface area contributed by atoms with Gasteiger partial charge in [0.1, 0.15) is 19.5 Å². The number of hydrogen-bond donors (Lipinski definition) is 0. The molecule has 0 atom stereocenters. The predicted molar refractivity (Wildman–Crippen MR) is 86.8 cm³/mol. The third-order valence-electron chi connectivity index (χ3n) is 3.84. The molecule has 2 aliphatic heterocycles. The molecule has 1 aromatic carbocycles. The number of carbonyl (C=O) groups excluding carboxylic acids is 1. The highest BCUT2D eigenvalue weighted by Crippen LogP contribution is 2.20. The molecule has 0 radical (unpaired) electrons. The minimum absolute atomic E-state index is 0.162. The summed E-state index contributed by atoms with van der Waals surface area (Å²) >= 11 is 5.80. The molecule has 0 unspecified atom stereocenters. The molecule has 0 spiro atoms. The van der Waals surface area contributed by atoms with E-state index in [9.17, 15) is 13.2 Å². The number of benzene rings is 1. The molecule has 2 heterocycles. The molecule has 0 aromatic heterocycles. The van der Waals surface area contributed by atoms with Gasteiger partial charge in [-0.1, -0.05) is 11.6 Å². The first kappa shape index (κ1) is 17.1. The highest BCUT2D eigenvalue weighted by molar-refractivity contribution is 7.89. The summed E-state index contributed by atoms with van der Waals surface area (Å²) in [5, 5.41) is 0.479. The van der Waals surface area contributed by atoms with E-state index in [0.717, 1.165) is 0 Å². The molecule has 1 aromatic rings. The monoisotopic (exact) mass is 372 g/mol. The van der Waals surface area contributed by atoms with Gasteiger partial charge in [-0.05, 0) is 24.3 Å². The van der Waals surface area contributed by atoms with E-state index in [2.05, 4.69) is 0 Å². The second-order valence-corrected chi connectivity index (χ2v) is 7.73. The predicted octanol–water partition coefficient (Wildman–Crippen LogP) is 1.06. The first-order valence-electron chi connectivity index (χ1n) is 7.48. The second kappa shape index (κ2) is 7.00. The Morgan fingerprint density at radius 1 is 1.04 bits per heavy atom. The van der Waals surface area contributed by atoms with Gasteiger partial charge in [-0.3, -0.25) is 4.79 Å². The van der Waals surface area contributed by atoms with E-state index in [1.165, 1.54) is 22.7 Å². The molecule has 9 heteroatoms. The SMILES string of the molecule is O=C(C1=COCCO1)N1CCN(S(=O)(=O)c2ccc(Cl)cc2)CC1. The minimum atomic E-state index is -3.59. The Hall–Kier alpha value is -1.77. The van der Waals surface area contributed by atoms with Crippen molar-refractivity contribution >= 4 is 27.5 Å². The average Bonchev–Trinajstić information content (AvgIpc) is 2.62. The summed E-state index contributed by atoms with van der Waals surface area (Å²) < 4.78 is 36.9. The summed E-state index contributed by atoms with van der Waals surface area (Å²) in [4.78, 5) is 14.0. The summed E-state index contributed by atoms with van der Waals surface area (Å²) in [6.07, 6.45) is 1.31. The average molecular weight is 373 g/mol. The molecule has 1 fully saturated rings. The Morgan fingerprint density at radius 2 is 1.71 bits per heavy atom. The third-order valence-corrected chi connectivity index (χ3v) is 6.00. The van der Waals surface area contributed by atoms with Gasteiger partial charge in [-0.25, -0.2) is 8.42 Å². The van der Waals surface area contributed by atoms with Crippen molar-refractivity contribution in [1.29, 1.82) is 0 Å². The standard InChI is InChI=1S/C15H17ClN2O5S/c16-12-1-3-13(4-2-12)24(20,21)18-7-5-17(6-8-18)15(19)14-11-22-9-10-23-14/h1-4,11H,5-10H2. The number of piperazine rings is 1. The Labute approximate surface area is 145 Å². The van der Waals surface area contributed by atoms with Crippen molar-refractivity contribution in [3.63, 3.8) is 0 Å². The molecule has 130 valence electrons. The lowest BCUT2D eigenvalue weighted by molar-refractivity contribution is -0.133. The first-order chi connectivity index (χ1) is 11.5. The van der Waals surface area contributed by atoms with Gasteiger partial charge in [-0.15, -0.1) is 0 Å². The van der Waals surface area contributed by atoms with E-state index in [4.69, 9.17) is 21.1 Å². The highest BCUT2D eigenvalue weighted by Gasteiger charge is 2.31. The summed E-state index contributed by atoms with van der Waals surface area (Å²) in [7, 11) is -3.59. The number of carbonyl (C=O) groups is 1.